The number of aromatic nitrogens is 4. The molecule has 0 amide bonds. The Morgan fingerprint density at radius 2 is 2.02 bits per heavy atom. The molecule has 2 aromatic carbocycles. The Labute approximate surface area is 236 Å². The van der Waals surface area contributed by atoms with Crippen molar-refractivity contribution in [3.05, 3.63) is 77.0 Å². The fraction of sp³-hybridized carbons (Fsp3) is 0.400. The number of hydrogen-bond acceptors (Lipinski definition) is 7. The highest BCUT2D eigenvalue weighted by Crippen LogP contribution is 2.27. The molecule has 2 saturated heterocycles. The van der Waals surface area contributed by atoms with Crippen molar-refractivity contribution >= 4 is 17.0 Å². The van der Waals surface area contributed by atoms with Gasteiger partial charge in [-0.25, -0.2) is 14.2 Å². The molecule has 41 heavy (non-hydrogen) atoms. The van der Waals surface area contributed by atoms with Crippen LogP contribution >= 0.6 is 0 Å². The van der Waals surface area contributed by atoms with Gasteiger partial charge in [0.25, 0.3) is 0 Å². The van der Waals surface area contributed by atoms with Gasteiger partial charge in [0.1, 0.15) is 18.2 Å². The maximum Gasteiger partial charge on any atom is 0.335 e. The molecule has 0 aliphatic carbocycles. The zero-order valence-electron chi connectivity index (χ0n) is 22.6. The predicted octanol–water partition coefficient (Wildman–Crippen LogP) is 4.54. The number of carboxylic acid groups (broad SMARTS) is 1. The molecule has 2 aliphatic heterocycles. The van der Waals surface area contributed by atoms with E-state index in [9.17, 15) is 14.3 Å². The summed E-state index contributed by atoms with van der Waals surface area (Å²) in [6.45, 7) is 3.84. The zero-order valence-corrected chi connectivity index (χ0v) is 22.6. The van der Waals surface area contributed by atoms with Crippen LogP contribution < -0.4 is 4.74 Å². The summed E-state index contributed by atoms with van der Waals surface area (Å²) in [4.78, 5) is 18.9. The Bertz CT molecular complexity index is 1590. The van der Waals surface area contributed by atoms with Crippen molar-refractivity contribution in [2.75, 3.05) is 19.7 Å². The second-order valence-corrected chi connectivity index (χ2v) is 10.6. The Balaban J connectivity index is 1.09. The minimum atomic E-state index is -0.950. The standard InChI is InChI=1S/C30H31FN6O4/c31-25-14-20(16-32)3-4-22(25)19-41-29-9-12-37(34-29)23-7-10-35(11-8-23)18-28-33-26-6-5-21(30(38)39)15-27(26)36(28)17-24-2-1-13-40-24/h3-6,9,12,14-15,23-24H,1-2,7-8,10-11,13,17-19H2,(H,38,39)/t24-/m0/s1. The van der Waals surface area contributed by atoms with Crippen molar-refractivity contribution in [3.63, 3.8) is 0 Å². The van der Waals surface area contributed by atoms with Crippen LogP contribution in [0.5, 0.6) is 5.88 Å². The lowest BCUT2D eigenvalue weighted by atomic mass is 10.1. The second-order valence-electron chi connectivity index (χ2n) is 10.6. The molecule has 10 nitrogen and oxygen atoms in total. The lowest BCUT2D eigenvalue weighted by molar-refractivity contribution is 0.0697. The number of benzene rings is 2. The first-order chi connectivity index (χ1) is 20.0. The molecule has 4 aromatic rings. The summed E-state index contributed by atoms with van der Waals surface area (Å²) >= 11 is 0. The van der Waals surface area contributed by atoms with Crippen molar-refractivity contribution < 1.29 is 23.8 Å². The third-order valence-corrected chi connectivity index (χ3v) is 7.92. The maximum atomic E-state index is 14.2. The van der Waals surface area contributed by atoms with E-state index >= 15 is 0 Å². The van der Waals surface area contributed by atoms with Gasteiger partial charge in [-0.3, -0.25) is 9.58 Å². The largest absolute Gasteiger partial charge is 0.478 e. The fourth-order valence-electron chi connectivity index (χ4n) is 5.65. The number of fused-ring (bicyclic) bond motifs is 1. The Morgan fingerprint density at radius 3 is 2.76 bits per heavy atom. The lowest BCUT2D eigenvalue weighted by Crippen LogP contribution is -2.35. The summed E-state index contributed by atoms with van der Waals surface area (Å²) in [5, 5.41) is 23.0. The monoisotopic (exact) mass is 558 g/mol. The van der Waals surface area contributed by atoms with Crippen LogP contribution in [0, 0.1) is 17.1 Å². The van der Waals surface area contributed by atoms with Gasteiger partial charge in [0.05, 0.1) is 53.5 Å². The van der Waals surface area contributed by atoms with Crippen LogP contribution in [0.25, 0.3) is 11.0 Å². The molecule has 0 spiro atoms. The van der Waals surface area contributed by atoms with Crippen molar-refractivity contribution in [3.8, 4) is 11.9 Å². The van der Waals surface area contributed by atoms with E-state index in [1.165, 1.54) is 6.07 Å². The molecule has 11 heteroatoms. The summed E-state index contributed by atoms with van der Waals surface area (Å²) in [5.74, 6) is -0.0717. The van der Waals surface area contributed by atoms with Crippen LogP contribution in [-0.2, 0) is 24.4 Å². The van der Waals surface area contributed by atoms with E-state index in [1.54, 1.807) is 36.4 Å². The smallest absolute Gasteiger partial charge is 0.335 e. The van der Waals surface area contributed by atoms with Crippen molar-refractivity contribution in [1.82, 2.24) is 24.2 Å². The Hall–Kier alpha value is -4.27. The molecular weight excluding hydrogens is 527 g/mol. The lowest BCUT2D eigenvalue weighted by Gasteiger charge is -2.32. The predicted molar refractivity (Wildman–Crippen MR) is 147 cm³/mol. The Morgan fingerprint density at radius 1 is 1.17 bits per heavy atom. The summed E-state index contributed by atoms with van der Waals surface area (Å²) < 4.78 is 29.8. The molecule has 1 atom stereocenters. The van der Waals surface area contributed by atoms with Crippen LogP contribution in [0.2, 0.25) is 0 Å². The number of imidazole rings is 1. The van der Waals surface area contributed by atoms with Crippen molar-refractivity contribution in [2.45, 2.75) is 57.5 Å². The Kier molecular flexibility index (Phi) is 7.67. The summed E-state index contributed by atoms with van der Waals surface area (Å²) in [5.41, 5.74) is 2.52. The van der Waals surface area contributed by atoms with Gasteiger partial charge in [-0.2, -0.15) is 5.26 Å². The SMILES string of the molecule is N#Cc1ccc(COc2ccn(C3CCN(Cc4nc5ccc(C(=O)O)cc5n4C[C@@H]4CCCO4)CC3)n2)c(F)c1. The summed E-state index contributed by atoms with van der Waals surface area (Å²) in [7, 11) is 0. The van der Waals surface area contributed by atoms with Gasteiger partial charge in [-0.1, -0.05) is 6.07 Å². The minimum absolute atomic E-state index is 0.0356. The van der Waals surface area contributed by atoms with E-state index in [0.717, 1.165) is 62.2 Å². The van der Waals surface area contributed by atoms with Crippen LogP contribution in [-0.4, -0.2) is 61.1 Å². The first-order valence-electron chi connectivity index (χ1n) is 13.9. The van der Waals surface area contributed by atoms with Gasteiger partial charge in [-0.15, -0.1) is 5.10 Å². The molecule has 2 aromatic heterocycles. The molecule has 212 valence electrons. The number of nitrogens with zero attached hydrogens (tertiary/aromatic N) is 6. The number of carbonyl (C=O) groups is 1. The normalized spacial score (nSPS) is 18.1. The molecule has 0 unspecified atom stereocenters. The number of piperidine rings is 1. The average Bonchev–Trinajstić information content (AvgIpc) is 3.74. The molecule has 0 radical (unpaired) electrons. The van der Waals surface area contributed by atoms with E-state index in [1.807, 2.05) is 16.9 Å². The van der Waals surface area contributed by atoms with Gasteiger partial charge in [0, 0.05) is 37.5 Å². The highest BCUT2D eigenvalue weighted by Gasteiger charge is 2.25. The summed E-state index contributed by atoms with van der Waals surface area (Å²) in [6, 6.07) is 13.4. The van der Waals surface area contributed by atoms with E-state index in [0.29, 0.717) is 24.5 Å². The number of ether oxygens (including phenoxy) is 2. The van der Waals surface area contributed by atoms with Gasteiger partial charge in [-0.05, 0) is 56.0 Å². The third kappa shape index (κ3) is 5.94. The molecule has 0 bridgehead atoms. The number of aromatic carboxylic acids is 1. The maximum absolute atomic E-state index is 14.2. The molecule has 4 heterocycles. The van der Waals surface area contributed by atoms with E-state index in [-0.39, 0.29) is 29.9 Å². The topological polar surface area (TPSA) is 118 Å². The second kappa shape index (κ2) is 11.7. The van der Waals surface area contributed by atoms with Crippen molar-refractivity contribution in [1.29, 1.82) is 5.26 Å². The van der Waals surface area contributed by atoms with Crippen LogP contribution in [0.1, 0.15) is 59.0 Å². The number of likely N-dealkylation sites (tertiary alicyclic amines) is 1. The van der Waals surface area contributed by atoms with Crippen LogP contribution in [0.15, 0.2) is 48.7 Å². The molecule has 2 aliphatic rings. The molecule has 1 N–H and O–H groups in total. The first kappa shape index (κ1) is 26.9. The highest BCUT2D eigenvalue weighted by atomic mass is 19.1. The minimum Gasteiger partial charge on any atom is -0.478 e. The quantitative estimate of drug-likeness (QED) is 0.318. The van der Waals surface area contributed by atoms with E-state index in [2.05, 4.69) is 14.6 Å². The van der Waals surface area contributed by atoms with Gasteiger partial charge in [0.15, 0.2) is 0 Å². The number of rotatable bonds is 9. The number of hydrogen-bond donors (Lipinski definition) is 1. The van der Waals surface area contributed by atoms with Gasteiger partial charge >= 0.3 is 5.97 Å². The summed E-state index contributed by atoms with van der Waals surface area (Å²) in [6.07, 6.45) is 5.83. The highest BCUT2D eigenvalue weighted by molar-refractivity contribution is 5.92. The molecule has 2 fully saturated rings. The fourth-order valence-corrected chi connectivity index (χ4v) is 5.65. The average molecular weight is 559 g/mol. The number of nitriles is 1. The van der Waals surface area contributed by atoms with Crippen LogP contribution in [0.4, 0.5) is 4.39 Å². The third-order valence-electron chi connectivity index (χ3n) is 7.92. The van der Waals surface area contributed by atoms with E-state index < -0.39 is 11.8 Å². The van der Waals surface area contributed by atoms with Gasteiger partial charge in [0.2, 0.25) is 5.88 Å². The van der Waals surface area contributed by atoms with Gasteiger partial charge < -0.3 is 19.1 Å². The molecule has 6 rings (SSSR count). The number of carboxylic acids is 1. The zero-order chi connectivity index (χ0) is 28.3. The molecule has 0 saturated carbocycles. The number of halogens is 1. The molecular formula is C30H31FN6O4. The van der Waals surface area contributed by atoms with Crippen molar-refractivity contribution in [2.24, 2.45) is 0 Å². The first-order valence-corrected chi connectivity index (χ1v) is 13.9. The van der Waals surface area contributed by atoms with Crippen LogP contribution in [0.3, 0.4) is 0 Å². The van der Waals surface area contributed by atoms with E-state index in [4.69, 9.17) is 19.7 Å².